The number of nitrogens with zero attached hydrogens (tertiary/aromatic N) is 2. The minimum absolute atomic E-state index is 0.0150. The van der Waals surface area contributed by atoms with Gasteiger partial charge >= 0.3 is 0 Å². The Labute approximate surface area is 630 Å². The predicted molar refractivity (Wildman–Crippen MR) is 436 cm³/mol. The van der Waals surface area contributed by atoms with Crippen LogP contribution < -0.4 is 0 Å². The molecule has 0 aromatic heterocycles. The van der Waals surface area contributed by atoms with E-state index >= 15 is 0 Å². The molecule has 0 aliphatic heterocycles. The third kappa shape index (κ3) is 43.5. The van der Waals surface area contributed by atoms with Gasteiger partial charge in [0.25, 0.3) is 0 Å². The van der Waals surface area contributed by atoms with Gasteiger partial charge in [-0.3, -0.25) is 0 Å². The highest BCUT2D eigenvalue weighted by atomic mass is 16.3. The zero-order valence-electron chi connectivity index (χ0n) is 63.5. The molecule has 10 unspecified atom stereocenters. The molecule has 0 radical (unpaired) electrons. The SMILES string of the molecule is C=CC(O)c1ccccc1.CC(C#N)c1ccccc1.CC(O)Cc1ccccc1.CC(O)c1ccccc1.CCC(C#N)c1ccccc1.CCC(O)Cc1ccccc1.CCC(O)c1ccccc1.CCCC(O)c1ccccc1.CCCCC(O)c1ccccc1.OC(c1ccccc1)C1CC1. The van der Waals surface area contributed by atoms with Crippen LogP contribution >= 0.6 is 0 Å². The second-order valence-corrected chi connectivity index (χ2v) is 25.5. The summed E-state index contributed by atoms with van der Waals surface area (Å²) in [6.45, 7) is 19.1. The Kier molecular flexibility index (Phi) is 51.4. The van der Waals surface area contributed by atoms with Crippen LogP contribution in [-0.2, 0) is 12.8 Å². The predicted octanol–water partition coefficient (Wildman–Crippen LogP) is 22.0. The van der Waals surface area contributed by atoms with Crippen LogP contribution in [0.3, 0.4) is 0 Å². The van der Waals surface area contributed by atoms with E-state index in [-0.39, 0.29) is 54.6 Å². The van der Waals surface area contributed by atoms with E-state index in [0.29, 0.717) is 5.92 Å². The van der Waals surface area contributed by atoms with E-state index in [0.717, 1.165) is 109 Å². The van der Waals surface area contributed by atoms with Crippen LogP contribution in [0.2, 0.25) is 0 Å². The Morgan fingerprint density at radius 3 is 1.00 bits per heavy atom. The van der Waals surface area contributed by atoms with E-state index in [4.69, 9.17) is 20.7 Å². The highest BCUT2D eigenvalue weighted by Crippen LogP contribution is 2.40. The van der Waals surface area contributed by atoms with Crippen LogP contribution in [0, 0.1) is 28.6 Å². The molecule has 10 aromatic rings. The topological polar surface area (TPSA) is 209 Å². The third-order valence-corrected chi connectivity index (χ3v) is 16.6. The van der Waals surface area contributed by atoms with Crippen LogP contribution in [0.1, 0.15) is 224 Å². The number of rotatable bonds is 22. The maximum absolute atomic E-state index is 9.66. The number of aliphatic hydroxyl groups is 8. The minimum Gasteiger partial charge on any atom is -0.393 e. The summed E-state index contributed by atoms with van der Waals surface area (Å²) in [5.74, 6) is 0.620. The molecular formula is C95H120N2O8. The number of hydrogen-bond donors (Lipinski definition) is 8. The zero-order chi connectivity index (χ0) is 77.1. The van der Waals surface area contributed by atoms with Gasteiger partial charge in [-0.25, -0.2) is 0 Å². The molecule has 10 heteroatoms. The van der Waals surface area contributed by atoms with Crippen LogP contribution in [0.4, 0.5) is 0 Å². The quantitative estimate of drug-likeness (QED) is 0.0301. The van der Waals surface area contributed by atoms with Crippen LogP contribution in [-0.4, -0.2) is 53.1 Å². The number of aliphatic hydroxyl groups excluding tert-OH is 8. The summed E-state index contributed by atoms with van der Waals surface area (Å²) in [6, 6.07) is 102. The minimum atomic E-state index is -0.527. The molecule has 0 saturated heterocycles. The molecule has 8 N–H and O–H groups in total. The second kappa shape index (κ2) is 58.9. The zero-order valence-corrected chi connectivity index (χ0v) is 63.5. The highest BCUT2D eigenvalue weighted by Gasteiger charge is 2.30. The summed E-state index contributed by atoms with van der Waals surface area (Å²) < 4.78 is 0. The van der Waals surface area contributed by atoms with Gasteiger partial charge in [0, 0.05) is 0 Å². The van der Waals surface area contributed by atoms with Crippen LogP contribution in [0.15, 0.2) is 316 Å². The third-order valence-electron chi connectivity index (χ3n) is 16.6. The first-order valence-electron chi connectivity index (χ1n) is 37.2. The van der Waals surface area contributed by atoms with Crippen molar-refractivity contribution in [2.45, 2.75) is 193 Å². The highest BCUT2D eigenvalue weighted by molar-refractivity contribution is 5.27. The van der Waals surface area contributed by atoms with Crippen molar-refractivity contribution in [1.29, 1.82) is 10.5 Å². The van der Waals surface area contributed by atoms with Crippen molar-refractivity contribution in [2.75, 3.05) is 0 Å². The maximum atomic E-state index is 9.66. The molecule has 105 heavy (non-hydrogen) atoms. The first kappa shape index (κ1) is 91.7. The van der Waals surface area contributed by atoms with Crippen LogP contribution in [0.25, 0.3) is 0 Å². The molecule has 558 valence electrons. The molecule has 0 bridgehead atoms. The number of nitriles is 2. The lowest BCUT2D eigenvalue weighted by molar-refractivity contribution is 0.154. The fraction of sp³-hybridized carbons (Fsp3) is 0.326. The van der Waals surface area contributed by atoms with Gasteiger partial charge in [0.2, 0.25) is 0 Å². The van der Waals surface area contributed by atoms with Crippen molar-refractivity contribution in [3.05, 3.63) is 372 Å². The molecule has 0 heterocycles. The fourth-order valence-electron chi connectivity index (χ4n) is 10.0. The van der Waals surface area contributed by atoms with Gasteiger partial charge in [-0.2, -0.15) is 10.5 Å². The van der Waals surface area contributed by atoms with E-state index in [9.17, 15) is 30.6 Å². The average Bonchev–Trinajstić information content (AvgIpc) is 1.71. The van der Waals surface area contributed by atoms with Gasteiger partial charge in [-0.05, 0) is 140 Å². The van der Waals surface area contributed by atoms with E-state index in [2.05, 4.69) is 32.6 Å². The monoisotopic (exact) mass is 1420 g/mol. The van der Waals surface area contributed by atoms with Crippen molar-refractivity contribution >= 4 is 0 Å². The molecule has 10 nitrogen and oxygen atoms in total. The van der Waals surface area contributed by atoms with E-state index in [1.165, 1.54) is 30.0 Å². The molecule has 1 aliphatic carbocycles. The number of hydrogen-bond acceptors (Lipinski definition) is 10. The number of benzene rings is 10. The van der Waals surface area contributed by atoms with Gasteiger partial charge in [0.1, 0.15) is 0 Å². The van der Waals surface area contributed by atoms with Crippen LogP contribution in [0.5, 0.6) is 0 Å². The average molecular weight is 1420 g/mol. The Hall–Kier alpha value is -9.40. The van der Waals surface area contributed by atoms with Gasteiger partial charge in [0.05, 0.1) is 72.8 Å². The standard InChI is InChI=1S/C11H16O.C10H11N.C10H12O.2C10H14O.C9H9N.2C9H12O.C9H10O.C8H10O/c1-2-3-9-11(12)10-7-5-4-6-8-10;1-2-9(8-11)10-6-4-3-5-7-10;11-10(9-6-7-9)8-4-2-1-3-5-8;1-2-10(11)8-9-6-4-3-5-7-9;1-2-6-10(11)9-7-4-3-5-8-9;1-8(7-10)9-5-3-2-4-6-9;1-8(10)7-9-5-3-2-4-6-9;2*1-2-9(10)8-6-4-3-5-7-8;1-7(9)8-5-3-2-4-6-8/h4-8,11-12H,2-3,9H2,1H3;3-7,9H,2H2,1H3;1-5,9-11H,6-7H2;3-7,10-11H,2,8H2,1H3;3-5,7-8,10-11H,2,6H2,1H3;2-6,8H,1H3;2-6,8,10H,7H2,1H3;3-7,9-10H,2H2,1H3;2-7,9-10H,1H2;2-7,9H,1H3. The lowest BCUT2D eigenvalue weighted by atomic mass is 9.99. The molecule has 0 amide bonds. The lowest BCUT2D eigenvalue weighted by Crippen LogP contribution is -2.07. The molecule has 1 fully saturated rings. The first-order valence-corrected chi connectivity index (χ1v) is 37.2. The normalized spacial score (nSPS) is 13.4. The second-order valence-electron chi connectivity index (χ2n) is 25.5. The summed E-state index contributed by atoms with van der Waals surface area (Å²) in [5.41, 5.74) is 10.6. The smallest absolute Gasteiger partial charge is 0.0969 e. The number of unbranched alkanes of at least 4 members (excludes halogenated alkanes) is 1. The first-order chi connectivity index (χ1) is 50.9. The van der Waals surface area contributed by atoms with E-state index in [1.54, 1.807) is 13.8 Å². The maximum Gasteiger partial charge on any atom is 0.0969 e. The molecule has 10 aromatic carbocycles. The molecule has 1 saturated carbocycles. The molecule has 1 aliphatic rings. The van der Waals surface area contributed by atoms with E-state index in [1.807, 2.05) is 331 Å². The van der Waals surface area contributed by atoms with Gasteiger partial charge in [-0.1, -0.05) is 363 Å². The van der Waals surface area contributed by atoms with E-state index < -0.39 is 6.10 Å². The summed E-state index contributed by atoms with van der Waals surface area (Å²) in [5, 5.41) is 92.0. The van der Waals surface area contributed by atoms with Crippen molar-refractivity contribution in [3.8, 4) is 12.1 Å². The van der Waals surface area contributed by atoms with Gasteiger partial charge < -0.3 is 40.9 Å². The summed E-state index contributed by atoms with van der Waals surface area (Å²) in [7, 11) is 0. The lowest BCUT2D eigenvalue weighted by Gasteiger charge is -2.09. The van der Waals surface area contributed by atoms with Crippen molar-refractivity contribution < 1.29 is 40.9 Å². The molecule has 10 atom stereocenters. The van der Waals surface area contributed by atoms with Gasteiger partial charge in [-0.15, -0.1) is 6.58 Å². The summed E-state index contributed by atoms with van der Waals surface area (Å²) in [4.78, 5) is 0. The molecule has 0 spiro atoms. The fourth-order valence-corrected chi connectivity index (χ4v) is 10.0. The summed E-state index contributed by atoms with van der Waals surface area (Å²) >= 11 is 0. The largest absolute Gasteiger partial charge is 0.393 e. The molecular weight excluding hydrogens is 1300 g/mol. The van der Waals surface area contributed by atoms with Crippen molar-refractivity contribution in [2.24, 2.45) is 5.92 Å². The van der Waals surface area contributed by atoms with Crippen molar-refractivity contribution in [1.82, 2.24) is 0 Å². The Morgan fingerprint density at radius 2 is 0.695 bits per heavy atom. The Bertz CT molecular complexity index is 3680. The van der Waals surface area contributed by atoms with Gasteiger partial charge in [0.15, 0.2) is 0 Å². The summed E-state index contributed by atoms with van der Waals surface area (Å²) in [6.07, 6.45) is 10.6. The Balaban J connectivity index is 0.000000397. The molecule has 11 rings (SSSR count). The Morgan fingerprint density at radius 1 is 0.362 bits per heavy atom. The van der Waals surface area contributed by atoms with Crippen molar-refractivity contribution in [3.63, 3.8) is 0 Å².